The van der Waals surface area contributed by atoms with Crippen molar-refractivity contribution in [2.45, 2.75) is 32.5 Å². The fourth-order valence-electron chi connectivity index (χ4n) is 2.55. The maximum atomic E-state index is 12.7. The van der Waals surface area contributed by atoms with Gasteiger partial charge in [0.25, 0.3) is 11.8 Å². The van der Waals surface area contributed by atoms with Crippen molar-refractivity contribution in [1.82, 2.24) is 10.3 Å². The first-order chi connectivity index (χ1) is 12.3. The van der Waals surface area contributed by atoms with Gasteiger partial charge in [-0.2, -0.15) is 0 Å². The van der Waals surface area contributed by atoms with Crippen LogP contribution in [-0.2, 0) is 9.53 Å². The van der Waals surface area contributed by atoms with Crippen molar-refractivity contribution in [3.8, 4) is 5.75 Å². The molecule has 2 heterocycles. The summed E-state index contributed by atoms with van der Waals surface area (Å²) in [6.07, 6.45) is 1.93. The molecular formula is C19H18N2O5. The number of rotatable bonds is 4. The van der Waals surface area contributed by atoms with E-state index in [1.165, 1.54) is 18.3 Å². The normalized spacial score (nSPS) is 14.4. The topological polar surface area (TPSA) is 94.6 Å². The Labute approximate surface area is 150 Å². The zero-order chi connectivity index (χ0) is 18.9. The Bertz CT molecular complexity index is 871. The SMILES string of the molecule is CC(C)(C)OC(=O)C(Oc1cccc2c1C(=O)NC2=O)c1cccnc1. The number of imide groups is 1. The minimum atomic E-state index is -1.13. The van der Waals surface area contributed by atoms with E-state index in [0.29, 0.717) is 5.56 Å². The lowest BCUT2D eigenvalue weighted by Crippen LogP contribution is -2.30. The molecular weight excluding hydrogens is 336 g/mol. The van der Waals surface area contributed by atoms with E-state index in [9.17, 15) is 14.4 Å². The van der Waals surface area contributed by atoms with Crippen LogP contribution in [-0.4, -0.2) is 28.4 Å². The van der Waals surface area contributed by atoms with Crippen molar-refractivity contribution in [2.24, 2.45) is 0 Å². The molecule has 1 N–H and O–H groups in total. The number of amides is 2. The van der Waals surface area contributed by atoms with Crippen LogP contribution in [0.3, 0.4) is 0 Å². The fourth-order valence-corrected chi connectivity index (χ4v) is 2.55. The van der Waals surface area contributed by atoms with Crippen LogP contribution in [0.5, 0.6) is 5.75 Å². The van der Waals surface area contributed by atoms with Gasteiger partial charge in [0.05, 0.1) is 11.1 Å². The second-order valence-electron chi connectivity index (χ2n) is 6.78. The molecule has 0 bridgehead atoms. The summed E-state index contributed by atoms with van der Waals surface area (Å²) in [5.41, 5.74) is 0.0769. The van der Waals surface area contributed by atoms with Crippen LogP contribution < -0.4 is 10.1 Å². The predicted octanol–water partition coefficient (Wildman–Crippen LogP) is 2.43. The highest BCUT2D eigenvalue weighted by molar-refractivity contribution is 6.22. The van der Waals surface area contributed by atoms with Gasteiger partial charge in [0, 0.05) is 18.0 Å². The zero-order valence-electron chi connectivity index (χ0n) is 14.6. The van der Waals surface area contributed by atoms with E-state index in [-0.39, 0.29) is 16.9 Å². The van der Waals surface area contributed by atoms with Gasteiger partial charge >= 0.3 is 5.97 Å². The highest BCUT2D eigenvalue weighted by atomic mass is 16.6. The molecule has 1 atom stereocenters. The van der Waals surface area contributed by atoms with Crippen molar-refractivity contribution < 1.29 is 23.9 Å². The number of aromatic nitrogens is 1. The molecule has 1 aliphatic rings. The Kier molecular flexibility index (Phi) is 4.46. The summed E-state index contributed by atoms with van der Waals surface area (Å²) in [6, 6.07) is 7.99. The van der Waals surface area contributed by atoms with Crippen LogP contribution in [0, 0.1) is 0 Å². The van der Waals surface area contributed by atoms with Crippen LogP contribution in [0.2, 0.25) is 0 Å². The average molecular weight is 354 g/mol. The second-order valence-corrected chi connectivity index (χ2v) is 6.78. The molecule has 7 heteroatoms. The van der Waals surface area contributed by atoms with Crippen LogP contribution in [0.25, 0.3) is 0 Å². The summed E-state index contributed by atoms with van der Waals surface area (Å²) in [7, 11) is 0. The maximum absolute atomic E-state index is 12.7. The Balaban J connectivity index is 1.99. The molecule has 0 saturated heterocycles. The van der Waals surface area contributed by atoms with Gasteiger partial charge in [-0.15, -0.1) is 0 Å². The molecule has 3 rings (SSSR count). The summed E-state index contributed by atoms with van der Waals surface area (Å²) in [4.78, 5) is 40.6. The standard InChI is InChI=1S/C19H18N2O5/c1-19(2,3)26-18(24)15(11-6-5-9-20-10-11)25-13-8-4-7-12-14(13)17(23)21-16(12)22/h4-10,15H,1-3H3,(H,21,22,23). The molecule has 1 aromatic heterocycles. The first-order valence-electron chi connectivity index (χ1n) is 8.04. The molecule has 0 fully saturated rings. The Morgan fingerprint density at radius 2 is 1.88 bits per heavy atom. The number of carbonyl (C=O) groups excluding carboxylic acids is 3. The Morgan fingerprint density at radius 3 is 2.54 bits per heavy atom. The number of carbonyl (C=O) groups is 3. The first kappa shape index (κ1) is 17.6. The van der Waals surface area contributed by atoms with E-state index >= 15 is 0 Å². The number of esters is 1. The van der Waals surface area contributed by atoms with E-state index < -0.39 is 29.5 Å². The van der Waals surface area contributed by atoms with Crippen molar-refractivity contribution >= 4 is 17.8 Å². The third-order valence-electron chi connectivity index (χ3n) is 3.58. The number of ether oxygens (including phenoxy) is 2. The zero-order valence-corrected chi connectivity index (χ0v) is 14.6. The molecule has 1 aliphatic heterocycles. The molecule has 1 aromatic carbocycles. The molecule has 2 aromatic rings. The average Bonchev–Trinajstić information content (AvgIpc) is 2.87. The number of fused-ring (bicyclic) bond motifs is 1. The van der Waals surface area contributed by atoms with Gasteiger partial charge < -0.3 is 9.47 Å². The molecule has 7 nitrogen and oxygen atoms in total. The van der Waals surface area contributed by atoms with Gasteiger partial charge in [0.1, 0.15) is 11.4 Å². The number of pyridine rings is 1. The smallest absolute Gasteiger partial charge is 0.352 e. The van der Waals surface area contributed by atoms with Crippen molar-refractivity contribution in [3.05, 3.63) is 59.4 Å². The van der Waals surface area contributed by atoms with Crippen molar-refractivity contribution in [1.29, 1.82) is 0 Å². The molecule has 0 radical (unpaired) electrons. The number of nitrogens with one attached hydrogen (secondary N) is 1. The monoisotopic (exact) mass is 354 g/mol. The molecule has 1 unspecified atom stereocenters. The van der Waals surface area contributed by atoms with Crippen LogP contribution >= 0.6 is 0 Å². The van der Waals surface area contributed by atoms with E-state index in [0.717, 1.165) is 0 Å². The number of hydrogen-bond donors (Lipinski definition) is 1. The molecule has 0 saturated carbocycles. The van der Waals surface area contributed by atoms with E-state index in [1.807, 2.05) is 0 Å². The first-order valence-corrected chi connectivity index (χ1v) is 8.04. The largest absolute Gasteiger partial charge is 0.473 e. The second kappa shape index (κ2) is 6.59. The number of benzene rings is 1. The fraction of sp³-hybridized carbons (Fsp3) is 0.263. The summed E-state index contributed by atoms with van der Waals surface area (Å²) in [6.45, 7) is 5.24. The summed E-state index contributed by atoms with van der Waals surface area (Å²) >= 11 is 0. The minimum Gasteiger partial charge on any atom is -0.473 e. The maximum Gasteiger partial charge on any atom is 0.352 e. The van der Waals surface area contributed by atoms with Gasteiger partial charge in [-0.1, -0.05) is 12.1 Å². The van der Waals surface area contributed by atoms with E-state index in [1.54, 1.807) is 45.2 Å². The van der Waals surface area contributed by atoms with Gasteiger partial charge in [0.15, 0.2) is 0 Å². The highest BCUT2D eigenvalue weighted by Gasteiger charge is 2.34. The molecule has 134 valence electrons. The summed E-state index contributed by atoms with van der Waals surface area (Å²) < 4.78 is 11.3. The van der Waals surface area contributed by atoms with Gasteiger partial charge in [-0.05, 0) is 39.0 Å². The van der Waals surface area contributed by atoms with E-state index in [4.69, 9.17) is 9.47 Å². The molecule has 0 aliphatic carbocycles. The number of hydrogen-bond acceptors (Lipinski definition) is 6. The molecule has 26 heavy (non-hydrogen) atoms. The lowest BCUT2D eigenvalue weighted by molar-refractivity contribution is -0.163. The minimum absolute atomic E-state index is 0.106. The lowest BCUT2D eigenvalue weighted by Gasteiger charge is -2.25. The van der Waals surface area contributed by atoms with Crippen LogP contribution in [0.1, 0.15) is 53.2 Å². The summed E-state index contributed by atoms with van der Waals surface area (Å²) in [5, 5.41) is 2.22. The van der Waals surface area contributed by atoms with Crippen molar-refractivity contribution in [2.75, 3.05) is 0 Å². The predicted molar refractivity (Wildman–Crippen MR) is 91.7 cm³/mol. The van der Waals surface area contributed by atoms with E-state index in [2.05, 4.69) is 10.3 Å². The lowest BCUT2D eigenvalue weighted by atomic mass is 10.1. The van der Waals surface area contributed by atoms with Gasteiger partial charge in [0.2, 0.25) is 6.10 Å². The third-order valence-corrected chi connectivity index (χ3v) is 3.58. The van der Waals surface area contributed by atoms with Crippen LogP contribution in [0.4, 0.5) is 0 Å². The molecule has 2 amide bonds. The quantitative estimate of drug-likeness (QED) is 0.669. The Hall–Kier alpha value is -3.22. The number of nitrogens with zero attached hydrogens (tertiary/aromatic N) is 1. The highest BCUT2D eigenvalue weighted by Crippen LogP contribution is 2.31. The third kappa shape index (κ3) is 3.56. The van der Waals surface area contributed by atoms with Gasteiger partial charge in [-0.3, -0.25) is 19.9 Å². The Morgan fingerprint density at radius 1 is 1.12 bits per heavy atom. The molecule has 0 spiro atoms. The van der Waals surface area contributed by atoms with Gasteiger partial charge in [-0.25, -0.2) is 4.79 Å². The summed E-state index contributed by atoms with van der Waals surface area (Å²) in [5.74, 6) is -1.54. The van der Waals surface area contributed by atoms with Crippen LogP contribution in [0.15, 0.2) is 42.7 Å². The van der Waals surface area contributed by atoms with Crippen molar-refractivity contribution in [3.63, 3.8) is 0 Å².